The highest BCUT2D eigenvalue weighted by Crippen LogP contribution is 2.34. The molecule has 4 bridgehead atoms. The van der Waals surface area contributed by atoms with Crippen molar-refractivity contribution in [3.8, 4) is 17.2 Å². The molecule has 2 saturated heterocycles. The molecule has 3 amide bonds. The van der Waals surface area contributed by atoms with E-state index in [9.17, 15) is 14.4 Å². The van der Waals surface area contributed by atoms with E-state index in [0.717, 1.165) is 36.8 Å². The number of nitrogens with zero attached hydrogens (tertiary/aromatic N) is 3. The van der Waals surface area contributed by atoms with Gasteiger partial charge in [0.2, 0.25) is 11.8 Å². The average molecular weight is 621 g/mol. The van der Waals surface area contributed by atoms with Gasteiger partial charge in [0.25, 0.3) is 0 Å². The second-order valence-corrected chi connectivity index (χ2v) is 12.4. The first-order chi connectivity index (χ1) is 21.9. The molecule has 2 aromatic rings. The van der Waals surface area contributed by atoms with E-state index in [-0.39, 0.29) is 48.7 Å². The molecule has 4 heterocycles. The molecule has 45 heavy (non-hydrogen) atoms. The van der Waals surface area contributed by atoms with Gasteiger partial charge in [-0.05, 0) is 74.4 Å². The number of hydrogen-bond donors (Lipinski definition) is 1. The number of fused-ring (bicyclic) bond motifs is 9. The van der Waals surface area contributed by atoms with E-state index in [4.69, 9.17) is 18.9 Å². The van der Waals surface area contributed by atoms with Crippen molar-refractivity contribution in [1.29, 1.82) is 0 Å². The van der Waals surface area contributed by atoms with Gasteiger partial charge >= 0.3 is 6.09 Å². The number of ether oxygens (including phenoxy) is 4. The smallest absolute Gasteiger partial charge is 0.409 e. The summed E-state index contributed by atoms with van der Waals surface area (Å²) >= 11 is 0. The molecule has 11 nitrogen and oxygen atoms in total. The first-order valence-corrected chi connectivity index (χ1v) is 16.2. The van der Waals surface area contributed by atoms with Gasteiger partial charge in [0.05, 0.1) is 39.0 Å². The molecule has 1 aliphatic carbocycles. The number of rotatable bonds is 4. The van der Waals surface area contributed by atoms with Crippen LogP contribution in [0.5, 0.6) is 17.2 Å². The minimum absolute atomic E-state index is 0.0184. The van der Waals surface area contributed by atoms with Crippen molar-refractivity contribution in [1.82, 2.24) is 20.0 Å². The summed E-state index contributed by atoms with van der Waals surface area (Å²) in [6.45, 7) is 5.18. The summed E-state index contributed by atoms with van der Waals surface area (Å²) in [6, 6.07) is 13.7. The van der Waals surface area contributed by atoms with Crippen molar-refractivity contribution in [3.05, 3.63) is 53.6 Å². The standard InChI is InChI=1S/C34H44N4O7/c1-3-43-34(41)36-15-13-25(14-16-36)37-19-28-31(20-37)44-22-24-5-4-6-27(17-24)45-29-11-7-23(18-30(29)42-2)8-12-33(40)38(26-9-10-26)21-32(39)35-28/h4-7,11,17-18,25-26,28,31H,3,8-10,12-16,19-22H2,1-2H3,(H,35,39)/t28-,31-/m0/s1. The van der Waals surface area contributed by atoms with Crippen LogP contribution in [0.25, 0.3) is 0 Å². The molecule has 1 saturated carbocycles. The molecule has 3 fully saturated rings. The first-order valence-electron chi connectivity index (χ1n) is 16.2. The Morgan fingerprint density at radius 2 is 1.80 bits per heavy atom. The maximum atomic E-state index is 13.5. The lowest BCUT2D eigenvalue weighted by Crippen LogP contribution is -2.49. The van der Waals surface area contributed by atoms with E-state index in [1.54, 1.807) is 16.9 Å². The zero-order valence-corrected chi connectivity index (χ0v) is 26.2. The second-order valence-electron chi connectivity index (χ2n) is 12.4. The number of hydrogen-bond acceptors (Lipinski definition) is 8. The summed E-state index contributed by atoms with van der Waals surface area (Å²) < 4.78 is 23.5. The van der Waals surface area contributed by atoms with Gasteiger partial charge in [0.15, 0.2) is 11.5 Å². The number of nitrogens with one attached hydrogen (secondary N) is 1. The minimum atomic E-state index is -0.258. The van der Waals surface area contributed by atoms with Crippen LogP contribution in [-0.2, 0) is 32.1 Å². The molecule has 0 spiro atoms. The van der Waals surface area contributed by atoms with E-state index in [1.807, 2.05) is 49.4 Å². The highest BCUT2D eigenvalue weighted by Gasteiger charge is 2.40. The van der Waals surface area contributed by atoms with Gasteiger partial charge in [-0.15, -0.1) is 0 Å². The number of piperidine rings is 1. The average Bonchev–Trinajstić information content (AvgIpc) is 3.82. The highest BCUT2D eigenvalue weighted by atomic mass is 16.6. The number of carbonyl (C=O) groups is 3. The summed E-state index contributed by atoms with van der Waals surface area (Å²) in [6.07, 6.45) is 3.86. The Kier molecular flexibility index (Phi) is 9.75. The number of carbonyl (C=O) groups excluding carboxylic acids is 3. The molecular formula is C34H44N4O7. The Hall–Kier alpha value is -3.83. The monoisotopic (exact) mass is 620 g/mol. The zero-order valence-electron chi connectivity index (χ0n) is 26.2. The number of methoxy groups -OCH3 is 1. The summed E-state index contributed by atoms with van der Waals surface area (Å²) in [7, 11) is 1.61. The van der Waals surface area contributed by atoms with E-state index < -0.39 is 0 Å². The fourth-order valence-corrected chi connectivity index (χ4v) is 6.63. The van der Waals surface area contributed by atoms with Gasteiger partial charge in [0.1, 0.15) is 5.75 Å². The van der Waals surface area contributed by atoms with Gasteiger partial charge in [-0.3, -0.25) is 14.5 Å². The third-order valence-electron chi connectivity index (χ3n) is 9.22. The second kappa shape index (κ2) is 14.1. The molecule has 2 aromatic carbocycles. The number of likely N-dealkylation sites (tertiary alicyclic amines) is 2. The first kappa shape index (κ1) is 31.2. The Bertz CT molecular complexity index is 1370. The molecule has 0 unspecified atom stereocenters. The van der Waals surface area contributed by atoms with Crippen molar-refractivity contribution in [2.45, 2.75) is 76.3 Å². The van der Waals surface area contributed by atoms with Gasteiger partial charge in [-0.2, -0.15) is 0 Å². The van der Waals surface area contributed by atoms with E-state index >= 15 is 0 Å². The molecule has 11 heteroatoms. The lowest BCUT2D eigenvalue weighted by molar-refractivity contribution is -0.137. The van der Waals surface area contributed by atoms with Gasteiger partial charge in [-0.25, -0.2) is 4.79 Å². The van der Waals surface area contributed by atoms with Gasteiger partial charge in [0, 0.05) is 44.7 Å². The van der Waals surface area contributed by atoms with Crippen LogP contribution in [-0.4, -0.2) is 103 Å². The Morgan fingerprint density at radius 1 is 0.978 bits per heavy atom. The molecule has 0 radical (unpaired) electrons. The predicted molar refractivity (Wildman–Crippen MR) is 166 cm³/mol. The van der Waals surface area contributed by atoms with E-state index in [2.05, 4.69) is 10.2 Å². The normalized spacial score (nSPS) is 23.8. The Morgan fingerprint density at radius 3 is 2.56 bits per heavy atom. The Balaban J connectivity index is 1.21. The van der Waals surface area contributed by atoms with Crippen LogP contribution < -0.4 is 14.8 Å². The van der Waals surface area contributed by atoms with Crippen molar-refractivity contribution in [3.63, 3.8) is 0 Å². The van der Waals surface area contributed by atoms with E-state index in [0.29, 0.717) is 69.5 Å². The predicted octanol–water partition coefficient (Wildman–Crippen LogP) is 3.73. The van der Waals surface area contributed by atoms with Gasteiger partial charge in [-0.1, -0.05) is 18.2 Å². The van der Waals surface area contributed by atoms with Crippen LogP contribution in [0.4, 0.5) is 4.79 Å². The number of benzene rings is 2. The van der Waals surface area contributed by atoms with Crippen molar-refractivity contribution in [2.24, 2.45) is 0 Å². The van der Waals surface area contributed by atoms with Gasteiger partial charge < -0.3 is 34.1 Å². The lowest BCUT2D eigenvalue weighted by atomic mass is 10.0. The molecular weight excluding hydrogens is 576 g/mol. The summed E-state index contributed by atoms with van der Waals surface area (Å²) in [5.74, 6) is 1.68. The fourth-order valence-electron chi connectivity index (χ4n) is 6.63. The maximum absolute atomic E-state index is 13.5. The van der Waals surface area contributed by atoms with Crippen molar-refractivity contribution in [2.75, 3.05) is 46.4 Å². The molecule has 242 valence electrons. The fraction of sp³-hybridized carbons (Fsp3) is 0.559. The van der Waals surface area contributed by atoms with Crippen LogP contribution in [0.2, 0.25) is 0 Å². The molecule has 0 aromatic heterocycles. The van der Waals surface area contributed by atoms with Crippen LogP contribution in [0.1, 0.15) is 50.2 Å². The summed E-state index contributed by atoms with van der Waals surface area (Å²) in [5.41, 5.74) is 1.92. The number of amides is 3. The van der Waals surface area contributed by atoms with Crippen molar-refractivity contribution < 1.29 is 33.3 Å². The summed E-state index contributed by atoms with van der Waals surface area (Å²) in [4.78, 5) is 45.0. The van der Waals surface area contributed by atoms with Crippen molar-refractivity contribution >= 4 is 17.9 Å². The molecule has 1 N–H and O–H groups in total. The largest absolute Gasteiger partial charge is 0.493 e. The molecule has 7 rings (SSSR count). The quantitative estimate of drug-likeness (QED) is 0.551. The summed E-state index contributed by atoms with van der Waals surface area (Å²) in [5, 5.41) is 3.23. The topological polar surface area (TPSA) is 110 Å². The van der Waals surface area contributed by atoms with E-state index in [1.165, 1.54) is 0 Å². The third kappa shape index (κ3) is 7.70. The Labute approximate surface area is 264 Å². The van der Waals surface area contributed by atoms with Crippen LogP contribution in [0.3, 0.4) is 0 Å². The molecule has 2 atom stereocenters. The number of aryl methyl sites for hydroxylation is 1. The maximum Gasteiger partial charge on any atom is 0.409 e. The third-order valence-corrected chi connectivity index (χ3v) is 9.22. The molecule has 4 aliphatic heterocycles. The van der Waals surface area contributed by atoms with Crippen LogP contribution >= 0.6 is 0 Å². The minimum Gasteiger partial charge on any atom is -0.493 e. The lowest BCUT2D eigenvalue weighted by Gasteiger charge is -2.36. The van der Waals surface area contributed by atoms with Crippen LogP contribution in [0, 0.1) is 0 Å². The SMILES string of the molecule is CCOC(=O)N1CCC(N2C[C@@H]3NC(=O)CN(C4CC4)C(=O)CCc4ccc(c(OC)c4)Oc4cccc(c4)CO[C@H]3C2)CC1. The zero-order chi connectivity index (χ0) is 31.3. The highest BCUT2D eigenvalue weighted by molar-refractivity contribution is 5.85. The van der Waals surface area contributed by atoms with Crippen LogP contribution in [0.15, 0.2) is 42.5 Å². The molecule has 5 aliphatic rings.